The van der Waals surface area contributed by atoms with Gasteiger partial charge in [-0.3, -0.25) is 4.79 Å². The number of aromatic nitrogens is 2. The second kappa shape index (κ2) is 4.85. The minimum Gasteiger partial charge on any atom is -0.379 e. The van der Waals surface area contributed by atoms with E-state index in [1.54, 1.807) is 18.2 Å². The lowest BCUT2D eigenvalue weighted by Gasteiger charge is -2.05. The summed E-state index contributed by atoms with van der Waals surface area (Å²) in [6.45, 7) is 0. The van der Waals surface area contributed by atoms with Crippen molar-refractivity contribution in [3.63, 3.8) is 0 Å². The highest BCUT2D eigenvalue weighted by Crippen LogP contribution is 2.24. The van der Waals surface area contributed by atoms with Crippen molar-refractivity contribution in [2.24, 2.45) is 0 Å². The molecule has 1 aromatic heterocycles. The van der Waals surface area contributed by atoms with Crippen molar-refractivity contribution >= 4 is 33.3 Å². The average Bonchev–Trinajstić information content (AvgIpc) is 2.78. The highest BCUT2D eigenvalue weighted by molar-refractivity contribution is 9.10. The molecule has 1 amide bonds. The summed E-state index contributed by atoms with van der Waals surface area (Å²) in [5, 5.41) is 18.0. The number of hydrogen-bond donors (Lipinski definition) is 2. The molecule has 2 aromatic rings. The molecule has 0 saturated carbocycles. The summed E-state index contributed by atoms with van der Waals surface area (Å²) >= 11 is 3.24. The molecule has 1 heterocycles. The first-order valence-electron chi connectivity index (χ1n) is 4.71. The summed E-state index contributed by atoms with van der Waals surface area (Å²) in [4.78, 5) is 11.8. The van der Waals surface area contributed by atoms with Crippen LogP contribution >= 0.6 is 15.9 Å². The molecule has 0 atom stereocenters. The Morgan fingerprint density at radius 1 is 1.50 bits per heavy atom. The summed E-state index contributed by atoms with van der Waals surface area (Å²) in [5.74, 6) is -0.628. The number of anilines is 2. The zero-order valence-electron chi connectivity index (χ0n) is 8.85. The van der Waals surface area contributed by atoms with Gasteiger partial charge in [-0.2, -0.15) is 5.26 Å². The Labute approximate surface area is 110 Å². The third-order valence-electron chi connectivity index (χ3n) is 2.08. The standard InChI is InChI=1S/C10H6BrN5O2/c11-6-3-5(4-12)1-2-7(6)14-10(17)8-9(13)16-18-15-8/h1-3H,(H2,13,16)(H,14,17). The zero-order valence-corrected chi connectivity index (χ0v) is 10.4. The minimum absolute atomic E-state index is 0.0859. The predicted octanol–water partition coefficient (Wildman–Crippen LogP) is 1.54. The third-order valence-corrected chi connectivity index (χ3v) is 2.73. The van der Waals surface area contributed by atoms with E-state index in [-0.39, 0.29) is 11.5 Å². The quantitative estimate of drug-likeness (QED) is 0.868. The summed E-state index contributed by atoms with van der Waals surface area (Å²) < 4.78 is 4.90. The number of rotatable bonds is 2. The fourth-order valence-electron chi connectivity index (χ4n) is 1.22. The number of nitrogens with zero attached hydrogens (tertiary/aromatic N) is 3. The Hall–Kier alpha value is -2.40. The highest BCUT2D eigenvalue weighted by atomic mass is 79.9. The Morgan fingerprint density at radius 2 is 2.28 bits per heavy atom. The van der Waals surface area contributed by atoms with Gasteiger partial charge in [0.2, 0.25) is 11.5 Å². The molecule has 0 radical (unpaired) electrons. The van der Waals surface area contributed by atoms with Crippen LogP contribution < -0.4 is 11.1 Å². The van der Waals surface area contributed by atoms with Crippen molar-refractivity contribution in [1.82, 2.24) is 10.3 Å². The second-order valence-electron chi connectivity index (χ2n) is 3.26. The molecule has 8 heteroatoms. The van der Waals surface area contributed by atoms with Crippen LogP contribution in [0.5, 0.6) is 0 Å². The number of benzene rings is 1. The molecule has 2 rings (SSSR count). The number of nitrogens with two attached hydrogens (primary N) is 1. The Balaban J connectivity index is 2.23. The molecule has 90 valence electrons. The van der Waals surface area contributed by atoms with Gasteiger partial charge >= 0.3 is 0 Å². The van der Waals surface area contributed by atoms with Crippen LogP contribution in [0.15, 0.2) is 27.3 Å². The molecule has 18 heavy (non-hydrogen) atoms. The molecule has 1 aromatic carbocycles. The van der Waals surface area contributed by atoms with E-state index in [1.165, 1.54) is 0 Å². The molecular weight excluding hydrogens is 302 g/mol. The molecule has 0 spiro atoms. The van der Waals surface area contributed by atoms with E-state index in [9.17, 15) is 4.79 Å². The fraction of sp³-hybridized carbons (Fsp3) is 0. The number of amides is 1. The maximum atomic E-state index is 11.8. The molecule has 0 saturated heterocycles. The van der Waals surface area contributed by atoms with Crippen LogP contribution in [0.4, 0.5) is 11.5 Å². The average molecular weight is 308 g/mol. The summed E-state index contributed by atoms with van der Waals surface area (Å²) in [6.07, 6.45) is 0. The van der Waals surface area contributed by atoms with Crippen molar-refractivity contribution in [2.75, 3.05) is 11.1 Å². The van der Waals surface area contributed by atoms with E-state index in [0.717, 1.165) is 0 Å². The van der Waals surface area contributed by atoms with Crippen LogP contribution in [-0.2, 0) is 0 Å². The van der Waals surface area contributed by atoms with Crippen LogP contribution in [0.1, 0.15) is 16.1 Å². The maximum absolute atomic E-state index is 11.8. The van der Waals surface area contributed by atoms with E-state index >= 15 is 0 Å². The lowest BCUT2D eigenvalue weighted by atomic mass is 10.2. The first-order chi connectivity index (χ1) is 8.61. The number of carbonyl (C=O) groups is 1. The van der Waals surface area contributed by atoms with Gasteiger partial charge in [0.25, 0.3) is 5.91 Å². The van der Waals surface area contributed by atoms with Crippen LogP contribution in [0.2, 0.25) is 0 Å². The van der Waals surface area contributed by atoms with Crippen LogP contribution in [0.3, 0.4) is 0 Å². The van der Waals surface area contributed by atoms with Crippen molar-refractivity contribution in [3.05, 3.63) is 33.9 Å². The zero-order chi connectivity index (χ0) is 13.1. The molecule has 3 N–H and O–H groups in total. The topological polar surface area (TPSA) is 118 Å². The molecule has 7 nitrogen and oxygen atoms in total. The molecule has 0 aliphatic rings. The first kappa shape index (κ1) is 12.1. The minimum atomic E-state index is -0.542. The van der Waals surface area contributed by atoms with Gasteiger partial charge in [-0.15, -0.1) is 0 Å². The summed E-state index contributed by atoms with van der Waals surface area (Å²) in [7, 11) is 0. The van der Waals surface area contributed by atoms with Crippen molar-refractivity contribution in [1.29, 1.82) is 5.26 Å². The van der Waals surface area contributed by atoms with Gasteiger partial charge in [-0.05, 0) is 44.4 Å². The van der Waals surface area contributed by atoms with E-state index in [4.69, 9.17) is 11.0 Å². The van der Waals surface area contributed by atoms with Crippen molar-refractivity contribution in [2.45, 2.75) is 0 Å². The van der Waals surface area contributed by atoms with Gasteiger partial charge in [0.05, 0.1) is 17.3 Å². The van der Waals surface area contributed by atoms with Crippen molar-refractivity contribution in [3.8, 4) is 6.07 Å². The fourth-order valence-corrected chi connectivity index (χ4v) is 1.70. The highest BCUT2D eigenvalue weighted by Gasteiger charge is 2.16. The van der Waals surface area contributed by atoms with E-state index in [1.807, 2.05) is 6.07 Å². The van der Waals surface area contributed by atoms with E-state index < -0.39 is 5.91 Å². The number of halogens is 1. The molecule has 0 bridgehead atoms. The largest absolute Gasteiger partial charge is 0.379 e. The molecule has 0 fully saturated rings. The Morgan fingerprint density at radius 3 is 2.83 bits per heavy atom. The molecule has 0 unspecified atom stereocenters. The van der Waals surface area contributed by atoms with Crippen molar-refractivity contribution < 1.29 is 9.42 Å². The lowest BCUT2D eigenvalue weighted by Crippen LogP contribution is -2.14. The number of carbonyl (C=O) groups excluding carboxylic acids is 1. The van der Waals surface area contributed by atoms with Gasteiger partial charge in [0.1, 0.15) is 0 Å². The molecular formula is C10H6BrN5O2. The molecule has 0 aliphatic heterocycles. The van der Waals surface area contributed by atoms with Crippen LogP contribution in [0.25, 0.3) is 0 Å². The monoisotopic (exact) mass is 307 g/mol. The van der Waals surface area contributed by atoms with Gasteiger partial charge in [0, 0.05) is 4.47 Å². The van der Waals surface area contributed by atoms with E-state index in [0.29, 0.717) is 15.7 Å². The van der Waals surface area contributed by atoms with Gasteiger partial charge in [-0.25, -0.2) is 4.63 Å². The van der Waals surface area contributed by atoms with Crippen LogP contribution in [0, 0.1) is 11.3 Å². The van der Waals surface area contributed by atoms with Crippen LogP contribution in [-0.4, -0.2) is 16.2 Å². The second-order valence-corrected chi connectivity index (χ2v) is 4.11. The maximum Gasteiger partial charge on any atom is 0.281 e. The number of hydrogen-bond acceptors (Lipinski definition) is 6. The Kier molecular flexibility index (Phi) is 3.25. The predicted molar refractivity (Wildman–Crippen MR) is 65.5 cm³/mol. The lowest BCUT2D eigenvalue weighted by molar-refractivity contribution is 0.101. The smallest absolute Gasteiger partial charge is 0.281 e. The van der Waals surface area contributed by atoms with Gasteiger partial charge in [0.15, 0.2) is 0 Å². The Bertz CT molecular complexity index is 646. The number of nitrogen functional groups attached to an aromatic ring is 1. The summed E-state index contributed by atoms with van der Waals surface area (Å²) in [5.41, 5.74) is 6.27. The number of nitrogens with one attached hydrogen (secondary N) is 1. The normalized spacial score (nSPS) is 9.78. The third kappa shape index (κ3) is 2.31. The SMILES string of the molecule is N#Cc1ccc(NC(=O)c2nonc2N)c(Br)c1. The first-order valence-corrected chi connectivity index (χ1v) is 5.50. The molecule has 0 aliphatic carbocycles. The number of nitriles is 1. The van der Waals surface area contributed by atoms with E-state index in [2.05, 4.69) is 36.2 Å². The summed E-state index contributed by atoms with van der Waals surface area (Å²) in [6, 6.07) is 6.73. The van der Waals surface area contributed by atoms with Gasteiger partial charge < -0.3 is 11.1 Å². The van der Waals surface area contributed by atoms with Gasteiger partial charge in [-0.1, -0.05) is 0 Å².